The number of methoxy groups -OCH3 is 1. The van der Waals surface area contributed by atoms with E-state index in [0.717, 1.165) is 31.6 Å². The van der Waals surface area contributed by atoms with Crippen molar-refractivity contribution in [2.45, 2.75) is 40.5 Å². The third-order valence-corrected chi connectivity index (χ3v) is 3.33. The summed E-state index contributed by atoms with van der Waals surface area (Å²) in [5.74, 6) is -0.313. The highest BCUT2D eigenvalue weighted by atomic mass is 16.5. The highest BCUT2D eigenvalue weighted by Gasteiger charge is 2.13. The average Bonchev–Trinajstić information content (AvgIpc) is 2.45. The molecule has 5 heteroatoms. The summed E-state index contributed by atoms with van der Waals surface area (Å²) in [5, 5.41) is 0. The predicted molar refractivity (Wildman–Crippen MR) is 85.0 cm³/mol. The lowest BCUT2D eigenvalue weighted by atomic mass is 10.2. The maximum absolute atomic E-state index is 12.2. The van der Waals surface area contributed by atoms with Crippen LogP contribution in [0.5, 0.6) is 0 Å². The highest BCUT2D eigenvalue weighted by molar-refractivity contribution is 5.88. The number of rotatable bonds is 10. The second-order valence-electron chi connectivity index (χ2n) is 5.25. The van der Waals surface area contributed by atoms with Crippen LogP contribution in [0.1, 0.15) is 40.5 Å². The fraction of sp³-hybridized carbons (Fsp3) is 0.750. The topological polar surface area (TPSA) is 49.9 Å². The van der Waals surface area contributed by atoms with Gasteiger partial charge < -0.3 is 14.5 Å². The van der Waals surface area contributed by atoms with Crippen molar-refractivity contribution in [1.29, 1.82) is 0 Å². The van der Waals surface area contributed by atoms with Gasteiger partial charge in [0.2, 0.25) is 5.91 Å². The number of esters is 1. The van der Waals surface area contributed by atoms with E-state index in [0.29, 0.717) is 13.1 Å². The zero-order valence-corrected chi connectivity index (χ0v) is 14.1. The van der Waals surface area contributed by atoms with E-state index in [1.807, 2.05) is 13.8 Å². The average molecular weight is 298 g/mol. The Morgan fingerprint density at radius 1 is 1.05 bits per heavy atom. The summed E-state index contributed by atoms with van der Waals surface area (Å²) in [5.41, 5.74) is 0.965. The second kappa shape index (κ2) is 11.3. The molecule has 0 rings (SSSR count). The summed E-state index contributed by atoms with van der Waals surface area (Å²) < 4.78 is 4.64. The van der Waals surface area contributed by atoms with Crippen molar-refractivity contribution in [3.8, 4) is 0 Å². The molecule has 0 aromatic carbocycles. The Morgan fingerprint density at radius 2 is 1.67 bits per heavy atom. The summed E-state index contributed by atoms with van der Waals surface area (Å²) in [7, 11) is 1.37. The number of hydrogen-bond donors (Lipinski definition) is 0. The molecule has 0 bridgehead atoms. The monoisotopic (exact) mass is 298 g/mol. The fourth-order valence-corrected chi connectivity index (χ4v) is 2.02. The van der Waals surface area contributed by atoms with Gasteiger partial charge in [-0.2, -0.15) is 0 Å². The molecule has 5 nitrogen and oxygen atoms in total. The number of carbonyl (C=O) groups excluding carboxylic acids is 2. The zero-order chi connectivity index (χ0) is 16.3. The molecule has 0 spiro atoms. The molecule has 1 amide bonds. The number of allylic oxidation sites excluding steroid dienone is 1. The van der Waals surface area contributed by atoms with E-state index in [9.17, 15) is 9.59 Å². The number of hydrogen-bond acceptors (Lipinski definition) is 4. The first-order chi connectivity index (χ1) is 9.94. The molecule has 0 fully saturated rings. The first-order valence-corrected chi connectivity index (χ1v) is 7.67. The number of carbonyl (C=O) groups is 2. The molecule has 0 aliphatic carbocycles. The first kappa shape index (κ1) is 19.6. The van der Waals surface area contributed by atoms with Crippen molar-refractivity contribution in [3.05, 3.63) is 11.6 Å². The minimum Gasteiger partial charge on any atom is -0.469 e. The molecule has 0 N–H and O–H groups in total. The van der Waals surface area contributed by atoms with Gasteiger partial charge in [-0.25, -0.2) is 0 Å². The van der Waals surface area contributed by atoms with Gasteiger partial charge >= 0.3 is 5.97 Å². The third kappa shape index (κ3) is 9.24. The standard InChI is InChI=1S/C16H30N2O3/c1-6-17(7-2)10-8-11-18(12-9-16(20)21-5)15(19)13-14(3)4/h13H,6-12H2,1-5H3. The van der Waals surface area contributed by atoms with Gasteiger partial charge in [0, 0.05) is 19.2 Å². The van der Waals surface area contributed by atoms with Crippen LogP contribution in [0.3, 0.4) is 0 Å². The van der Waals surface area contributed by atoms with Crippen LogP contribution in [0.15, 0.2) is 11.6 Å². The summed E-state index contributed by atoms with van der Waals surface area (Å²) >= 11 is 0. The van der Waals surface area contributed by atoms with Gasteiger partial charge in [0.15, 0.2) is 0 Å². The van der Waals surface area contributed by atoms with E-state index in [2.05, 4.69) is 23.5 Å². The molecule has 0 aliphatic rings. The smallest absolute Gasteiger partial charge is 0.307 e. The van der Waals surface area contributed by atoms with Gasteiger partial charge in [-0.15, -0.1) is 0 Å². The van der Waals surface area contributed by atoms with Crippen molar-refractivity contribution in [2.75, 3.05) is 39.8 Å². The molecule has 122 valence electrons. The lowest BCUT2D eigenvalue weighted by Crippen LogP contribution is -2.35. The molecular weight excluding hydrogens is 268 g/mol. The Hall–Kier alpha value is -1.36. The number of ether oxygens (including phenoxy) is 1. The van der Waals surface area contributed by atoms with Crippen molar-refractivity contribution < 1.29 is 14.3 Å². The third-order valence-electron chi connectivity index (χ3n) is 3.33. The number of nitrogens with zero attached hydrogens (tertiary/aromatic N) is 2. The normalized spacial score (nSPS) is 10.4. The molecule has 0 saturated carbocycles. The fourth-order valence-electron chi connectivity index (χ4n) is 2.02. The SMILES string of the molecule is CCN(CC)CCCN(CCC(=O)OC)C(=O)C=C(C)C. The van der Waals surface area contributed by atoms with Crippen molar-refractivity contribution in [2.24, 2.45) is 0 Å². The summed E-state index contributed by atoms with van der Waals surface area (Å²) in [6.07, 6.45) is 2.77. The van der Waals surface area contributed by atoms with E-state index in [1.54, 1.807) is 11.0 Å². The first-order valence-electron chi connectivity index (χ1n) is 7.67. The molecule has 0 saturated heterocycles. The Labute approximate surface area is 128 Å². The molecule has 21 heavy (non-hydrogen) atoms. The van der Waals surface area contributed by atoms with Gasteiger partial charge in [0.05, 0.1) is 13.5 Å². The second-order valence-corrected chi connectivity index (χ2v) is 5.25. The highest BCUT2D eigenvalue weighted by Crippen LogP contribution is 2.02. The molecule has 0 aliphatic heterocycles. The van der Waals surface area contributed by atoms with E-state index >= 15 is 0 Å². The molecule has 0 unspecified atom stereocenters. The molecule has 0 aromatic rings. The van der Waals surface area contributed by atoms with Crippen LogP contribution >= 0.6 is 0 Å². The van der Waals surface area contributed by atoms with E-state index in [4.69, 9.17) is 0 Å². The van der Waals surface area contributed by atoms with Crippen LogP contribution in [0.25, 0.3) is 0 Å². The maximum atomic E-state index is 12.2. The molecule has 0 heterocycles. The Bertz CT molecular complexity index is 345. The van der Waals surface area contributed by atoms with Crippen molar-refractivity contribution in [1.82, 2.24) is 9.80 Å². The zero-order valence-electron chi connectivity index (χ0n) is 14.1. The van der Waals surface area contributed by atoms with Gasteiger partial charge in [0.1, 0.15) is 0 Å². The minimum absolute atomic E-state index is 0.0292. The van der Waals surface area contributed by atoms with Crippen LogP contribution < -0.4 is 0 Å². The summed E-state index contributed by atoms with van der Waals surface area (Å²) in [6, 6.07) is 0. The lowest BCUT2D eigenvalue weighted by Gasteiger charge is -2.23. The predicted octanol–water partition coefficient (Wildman–Crippen LogP) is 2.08. The maximum Gasteiger partial charge on any atom is 0.307 e. The Balaban J connectivity index is 4.47. The van der Waals surface area contributed by atoms with Crippen LogP contribution in [0, 0.1) is 0 Å². The number of amides is 1. The molecular formula is C16H30N2O3. The van der Waals surface area contributed by atoms with Crippen molar-refractivity contribution in [3.63, 3.8) is 0 Å². The van der Waals surface area contributed by atoms with Crippen LogP contribution in [-0.2, 0) is 14.3 Å². The van der Waals surface area contributed by atoms with Gasteiger partial charge in [-0.3, -0.25) is 9.59 Å². The van der Waals surface area contributed by atoms with Gasteiger partial charge in [-0.05, 0) is 39.9 Å². The molecule has 0 aromatic heterocycles. The van der Waals surface area contributed by atoms with E-state index < -0.39 is 0 Å². The van der Waals surface area contributed by atoms with Crippen LogP contribution in [-0.4, -0.2) is 61.5 Å². The van der Waals surface area contributed by atoms with Crippen LogP contribution in [0.4, 0.5) is 0 Å². The van der Waals surface area contributed by atoms with Gasteiger partial charge in [-0.1, -0.05) is 19.4 Å². The molecule has 0 radical (unpaired) electrons. The van der Waals surface area contributed by atoms with Crippen LogP contribution in [0.2, 0.25) is 0 Å². The minimum atomic E-state index is -0.284. The quantitative estimate of drug-likeness (QED) is 0.458. The summed E-state index contributed by atoms with van der Waals surface area (Å²) in [6.45, 7) is 12.1. The Morgan fingerprint density at radius 3 is 2.14 bits per heavy atom. The lowest BCUT2D eigenvalue weighted by molar-refractivity contribution is -0.141. The largest absolute Gasteiger partial charge is 0.469 e. The van der Waals surface area contributed by atoms with E-state index in [-0.39, 0.29) is 18.3 Å². The van der Waals surface area contributed by atoms with Crippen molar-refractivity contribution >= 4 is 11.9 Å². The summed E-state index contributed by atoms with van der Waals surface area (Å²) in [4.78, 5) is 27.5. The Kier molecular flexibility index (Phi) is 10.6. The van der Waals surface area contributed by atoms with E-state index in [1.165, 1.54) is 7.11 Å². The molecule has 0 atom stereocenters. The van der Waals surface area contributed by atoms with Gasteiger partial charge in [0.25, 0.3) is 0 Å².